The lowest BCUT2D eigenvalue weighted by atomic mass is 10.1. The first-order valence-corrected chi connectivity index (χ1v) is 6.85. The van der Waals surface area contributed by atoms with Crippen LogP contribution < -0.4 is 5.32 Å². The summed E-state index contributed by atoms with van der Waals surface area (Å²) in [5.74, 6) is 0.896. The first-order chi connectivity index (χ1) is 9.93. The van der Waals surface area contributed by atoms with Crippen LogP contribution in [-0.4, -0.2) is 34.6 Å². The van der Waals surface area contributed by atoms with Gasteiger partial charge in [0.1, 0.15) is 11.6 Å². The molecule has 2 aromatic rings. The topological polar surface area (TPSA) is 67.3 Å². The van der Waals surface area contributed by atoms with Gasteiger partial charge in [0, 0.05) is 19.2 Å². The second-order valence-electron chi connectivity index (χ2n) is 5.60. The van der Waals surface area contributed by atoms with E-state index in [1.54, 1.807) is 19.2 Å². The molecule has 2 rings (SSSR count). The summed E-state index contributed by atoms with van der Waals surface area (Å²) >= 11 is 0. The van der Waals surface area contributed by atoms with Gasteiger partial charge >= 0.3 is 0 Å². The Bertz CT molecular complexity index is 627. The smallest absolute Gasteiger partial charge is 0.149 e. The number of anilines is 1. The van der Waals surface area contributed by atoms with Gasteiger partial charge in [-0.3, -0.25) is 0 Å². The normalized spacial score (nSPS) is 11.4. The van der Waals surface area contributed by atoms with Crippen molar-refractivity contribution in [3.63, 3.8) is 0 Å². The first kappa shape index (κ1) is 15.3. The van der Waals surface area contributed by atoms with E-state index in [0.717, 1.165) is 5.56 Å². The number of methoxy groups -OCH3 is 1. The number of hydrogen-bond donors (Lipinski definition) is 2. The van der Waals surface area contributed by atoms with Crippen molar-refractivity contribution in [1.29, 1.82) is 0 Å². The fourth-order valence-electron chi connectivity index (χ4n) is 1.89. The minimum absolute atomic E-state index is 0.205. The Morgan fingerprint density at radius 2 is 1.95 bits per heavy atom. The highest BCUT2D eigenvalue weighted by molar-refractivity contribution is 5.69. The Labute approximate surface area is 125 Å². The number of phenolic OH excluding ortho intramolecular Hbond substituents is 1. The third-order valence-corrected chi connectivity index (χ3v) is 3.39. The van der Waals surface area contributed by atoms with E-state index in [1.165, 1.54) is 0 Å². The van der Waals surface area contributed by atoms with Crippen LogP contribution in [0.25, 0.3) is 11.3 Å². The van der Waals surface area contributed by atoms with Gasteiger partial charge in [-0.15, -0.1) is 10.2 Å². The molecule has 0 unspecified atom stereocenters. The van der Waals surface area contributed by atoms with Crippen molar-refractivity contribution >= 4 is 5.82 Å². The first-order valence-electron chi connectivity index (χ1n) is 6.85. The van der Waals surface area contributed by atoms with Gasteiger partial charge in [-0.25, -0.2) is 0 Å². The molecule has 21 heavy (non-hydrogen) atoms. The van der Waals surface area contributed by atoms with Crippen molar-refractivity contribution in [1.82, 2.24) is 10.2 Å². The molecule has 5 heteroatoms. The zero-order chi connectivity index (χ0) is 15.5. The zero-order valence-electron chi connectivity index (χ0n) is 12.8. The number of nitrogens with one attached hydrogen (secondary N) is 1. The Balaban J connectivity index is 2.21. The fraction of sp³-hybridized carbons (Fsp3) is 0.375. The summed E-state index contributed by atoms with van der Waals surface area (Å²) in [6.07, 6.45) is 0. The van der Waals surface area contributed by atoms with Crippen molar-refractivity contribution < 1.29 is 9.84 Å². The number of aromatic nitrogens is 2. The highest BCUT2D eigenvalue weighted by atomic mass is 16.5. The van der Waals surface area contributed by atoms with Crippen LogP contribution in [0.2, 0.25) is 0 Å². The highest BCUT2D eigenvalue weighted by Crippen LogP contribution is 2.29. The largest absolute Gasteiger partial charge is 0.507 e. The molecule has 0 bridgehead atoms. The summed E-state index contributed by atoms with van der Waals surface area (Å²) in [7, 11) is 1.68. The second kappa shape index (κ2) is 6.10. The Hall–Kier alpha value is -2.14. The molecule has 112 valence electrons. The molecule has 1 aromatic heterocycles. The Morgan fingerprint density at radius 1 is 1.24 bits per heavy atom. The molecule has 0 saturated carbocycles. The average molecular weight is 287 g/mol. The fourth-order valence-corrected chi connectivity index (χ4v) is 1.89. The minimum Gasteiger partial charge on any atom is -0.507 e. The number of aromatic hydroxyl groups is 1. The molecular weight excluding hydrogens is 266 g/mol. The van der Waals surface area contributed by atoms with Gasteiger partial charge < -0.3 is 15.2 Å². The van der Waals surface area contributed by atoms with Crippen molar-refractivity contribution in [3.8, 4) is 17.0 Å². The van der Waals surface area contributed by atoms with Crippen molar-refractivity contribution in [2.75, 3.05) is 19.0 Å². The summed E-state index contributed by atoms with van der Waals surface area (Å²) in [5.41, 5.74) is 2.05. The van der Waals surface area contributed by atoms with E-state index in [-0.39, 0.29) is 11.4 Å². The maximum absolute atomic E-state index is 9.90. The van der Waals surface area contributed by atoms with Crippen molar-refractivity contribution in [2.24, 2.45) is 0 Å². The number of ether oxygens (including phenoxy) is 1. The predicted molar refractivity (Wildman–Crippen MR) is 83.4 cm³/mol. The summed E-state index contributed by atoms with van der Waals surface area (Å²) < 4.78 is 5.35. The monoisotopic (exact) mass is 287 g/mol. The van der Waals surface area contributed by atoms with Crippen LogP contribution in [0.1, 0.15) is 19.4 Å². The van der Waals surface area contributed by atoms with E-state index < -0.39 is 0 Å². The van der Waals surface area contributed by atoms with Crippen molar-refractivity contribution in [3.05, 3.63) is 35.9 Å². The van der Waals surface area contributed by atoms with Crippen LogP contribution in [0.15, 0.2) is 30.3 Å². The van der Waals surface area contributed by atoms with Crippen LogP contribution in [0.3, 0.4) is 0 Å². The Kier molecular flexibility index (Phi) is 4.43. The lowest BCUT2D eigenvalue weighted by molar-refractivity contribution is 0.0343. The standard InChI is InChI=1S/C16H21N3O2/c1-11-9-14(17-10-16(2,3)21-4)18-19-15(11)12-7-5-6-8-13(12)20/h5-9,20H,10H2,1-4H3,(H,17,18). The van der Waals surface area contributed by atoms with Gasteiger partial charge in [0.2, 0.25) is 0 Å². The van der Waals surface area contributed by atoms with Crippen LogP contribution in [0.4, 0.5) is 5.82 Å². The quantitative estimate of drug-likeness (QED) is 0.885. The van der Waals surface area contributed by atoms with E-state index in [1.807, 2.05) is 39.0 Å². The summed E-state index contributed by atoms with van der Waals surface area (Å²) in [6, 6.07) is 9.03. The number of rotatable bonds is 5. The Morgan fingerprint density at radius 3 is 2.57 bits per heavy atom. The molecule has 1 aromatic carbocycles. The molecule has 0 aliphatic rings. The van der Waals surface area contributed by atoms with E-state index in [0.29, 0.717) is 23.6 Å². The maximum atomic E-state index is 9.90. The predicted octanol–water partition coefficient (Wildman–Crippen LogP) is 2.99. The number of hydrogen-bond acceptors (Lipinski definition) is 5. The number of para-hydroxylation sites is 1. The highest BCUT2D eigenvalue weighted by Gasteiger charge is 2.16. The SMILES string of the molecule is COC(C)(C)CNc1cc(C)c(-c2ccccc2O)nn1. The molecule has 5 nitrogen and oxygen atoms in total. The third kappa shape index (κ3) is 3.70. The van der Waals surface area contributed by atoms with Gasteiger partial charge in [-0.2, -0.15) is 0 Å². The van der Waals surface area contributed by atoms with E-state index in [4.69, 9.17) is 4.74 Å². The summed E-state index contributed by atoms with van der Waals surface area (Å²) in [4.78, 5) is 0. The third-order valence-electron chi connectivity index (χ3n) is 3.39. The van der Waals surface area contributed by atoms with Crippen LogP contribution in [0, 0.1) is 6.92 Å². The van der Waals surface area contributed by atoms with Gasteiger partial charge in [0.05, 0.1) is 11.3 Å². The van der Waals surface area contributed by atoms with E-state index >= 15 is 0 Å². The zero-order valence-corrected chi connectivity index (χ0v) is 12.8. The summed E-state index contributed by atoms with van der Waals surface area (Å²) in [6.45, 7) is 6.57. The van der Waals surface area contributed by atoms with Gasteiger partial charge in [-0.1, -0.05) is 12.1 Å². The number of phenols is 1. The molecule has 0 saturated heterocycles. The summed E-state index contributed by atoms with van der Waals surface area (Å²) in [5, 5.41) is 21.5. The molecular formula is C16H21N3O2. The average Bonchev–Trinajstić information content (AvgIpc) is 2.46. The number of nitrogens with zero attached hydrogens (tertiary/aromatic N) is 2. The molecule has 0 amide bonds. The van der Waals surface area contributed by atoms with Crippen molar-refractivity contribution in [2.45, 2.75) is 26.4 Å². The lowest BCUT2D eigenvalue weighted by Crippen LogP contribution is -2.32. The molecule has 0 aliphatic carbocycles. The minimum atomic E-state index is -0.272. The molecule has 0 aliphatic heterocycles. The van der Waals surface area contributed by atoms with Gasteiger partial charge in [0.25, 0.3) is 0 Å². The van der Waals surface area contributed by atoms with Crippen LogP contribution in [0.5, 0.6) is 5.75 Å². The second-order valence-corrected chi connectivity index (χ2v) is 5.60. The van der Waals surface area contributed by atoms with Gasteiger partial charge in [0.15, 0.2) is 0 Å². The van der Waals surface area contributed by atoms with Crippen LogP contribution >= 0.6 is 0 Å². The lowest BCUT2D eigenvalue weighted by Gasteiger charge is -2.23. The number of benzene rings is 1. The molecule has 1 heterocycles. The molecule has 0 radical (unpaired) electrons. The van der Waals surface area contributed by atoms with E-state index in [2.05, 4.69) is 15.5 Å². The number of aryl methyl sites for hydroxylation is 1. The molecule has 0 atom stereocenters. The van der Waals surface area contributed by atoms with E-state index in [9.17, 15) is 5.11 Å². The maximum Gasteiger partial charge on any atom is 0.149 e. The van der Waals surface area contributed by atoms with Gasteiger partial charge in [-0.05, 0) is 44.5 Å². The molecule has 0 spiro atoms. The van der Waals surface area contributed by atoms with Crippen LogP contribution in [-0.2, 0) is 4.74 Å². The molecule has 2 N–H and O–H groups in total. The molecule has 0 fully saturated rings.